The van der Waals surface area contributed by atoms with Crippen molar-refractivity contribution in [2.24, 2.45) is 0 Å². The number of ether oxygens (including phenoxy) is 1. The zero-order valence-electron chi connectivity index (χ0n) is 13.7. The van der Waals surface area contributed by atoms with Gasteiger partial charge in [0.2, 0.25) is 0 Å². The molecule has 0 spiro atoms. The Labute approximate surface area is 144 Å². The maximum atomic E-state index is 13.0. The number of benzene rings is 1. The Morgan fingerprint density at radius 2 is 2.16 bits per heavy atom. The SMILES string of the molecule is COc1cccc([C@@H]2Cn3ccnc3CN2C(=O)c2ccncn2)c1. The van der Waals surface area contributed by atoms with E-state index < -0.39 is 0 Å². The third-order valence-electron chi connectivity index (χ3n) is 4.40. The molecule has 25 heavy (non-hydrogen) atoms. The molecule has 1 amide bonds. The molecular formula is C18H17N5O2. The van der Waals surface area contributed by atoms with Crippen molar-refractivity contribution >= 4 is 5.91 Å². The Kier molecular flexibility index (Phi) is 3.89. The number of nitrogens with zero attached hydrogens (tertiary/aromatic N) is 5. The van der Waals surface area contributed by atoms with E-state index in [1.165, 1.54) is 6.33 Å². The van der Waals surface area contributed by atoms with Gasteiger partial charge < -0.3 is 14.2 Å². The van der Waals surface area contributed by atoms with Crippen molar-refractivity contribution < 1.29 is 9.53 Å². The summed E-state index contributed by atoms with van der Waals surface area (Å²) in [6, 6.07) is 9.31. The van der Waals surface area contributed by atoms with Crippen LogP contribution >= 0.6 is 0 Å². The molecule has 0 N–H and O–H groups in total. The van der Waals surface area contributed by atoms with Gasteiger partial charge in [-0.15, -0.1) is 0 Å². The van der Waals surface area contributed by atoms with Crippen LogP contribution in [0.4, 0.5) is 0 Å². The van der Waals surface area contributed by atoms with Crippen molar-refractivity contribution in [3.63, 3.8) is 0 Å². The lowest BCUT2D eigenvalue weighted by Gasteiger charge is -2.36. The third kappa shape index (κ3) is 2.84. The van der Waals surface area contributed by atoms with Crippen molar-refractivity contribution in [3.8, 4) is 5.75 Å². The maximum absolute atomic E-state index is 13.0. The summed E-state index contributed by atoms with van der Waals surface area (Å²) in [5.74, 6) is 1.49. The number of carbonyl (C=O) groups is 1. The predicted octanol–water partition coefficient (Wildman–Crippen LogP) is 2.08. The standard InChI is InChI=1S/C18H17N5O2/c1-25-14-4-2-3-13(9-14)16-10-22-8-7-20-17(22)11-23(16)18(24)15-5-6-19-12-21-15/h2-9,12,16H,10-11H2,1H3/t16-/m0/s1. The number of hydrogen-bond donors (Lipinski definition) is 0. The second-order valence-electron chi connectivity index (χ2n) is 5.82. The number of aromatic nitrogens is 4. The number of imidazole rings is 1. The van der Waals surface area contributed by atoms with Gasteiger partial charge >= 0.3 is 0 Å². The minimum absolute atomic E-state index is 0.126. The molecule has 1 atom stereocenters. The van der Waals surface area contributed by atoms with E-state index in [1.807, 2.05) is 30.5 Å². The lowest BCUT2D eigenvalue weighted by atomic mass is 10.0. The average molecular weight is 335 g/mol. The van der Waals surface area contributed by atoms with Crippen LogP contribution < -0.4 is 4.74 Å². The molecule has 0 fully saturated rings. The predicted molar refractivity (Wildman–Crippen MR) is 89.9 cm³/mol. The summed E-state index contributed by atoms with van der Waals surface area (Å²) in [6.07, 6.45) is 6.66. The Balaban J connectivity index is 1.74. The van der Waals surface area contributed by atoms with Crippen LogP contribution in [0.25, 0.3) is 0 Å². The fraction of sp³-hybridized carbons (Fsp3) is 0.222. The van der Waals surface area contributed by atoms with Crippen molar-refractivity contribution in [3.05, 3.63) is 72.3 Å². The molecule has 0 saturated carbocycles. The van der Waals surface area contributed by atoms with Crippen LogP contribution in [0, 0.1) is 0 Å². The van der Waals surface area contributed by atoms with Crippen LogP contribution in [0.1, 0.15) is 27.9 Å². The number of amides is 1. The zero-order chi connectivity index (χ0) is 17.2. The van der Waals surface area contributed by atoms with Crippen LogP contribution in [0.3, 0.4) is 0 Å². The van der Waals surface area contributed by atoms with E-state index in [1.54, 1.807) is 30.5 Å². The molecule has 1 aliphatic heterocycles. The topological polar surface area (TPSA) is 73.1 Å². The summed E-state index contributed by atoms with van der Waals surface area (Å²) in [6.45, 7) is 1.07. The molecule has 0 unspecified atom stereocenters. The van der Waals surface area contributed by atoms with Gasteiger partial charge in [0.05, 0.1) is 19.7 Å². The highest BCUT2D eigenvalue weighted by Crippen LogP contribution is 2.31. The largest absolute Gasteiger partial charge is 0.497 e. The van der Waals surface area contributed by atoms with Gasteiger partial charge in [-0.1, -0.05) is 12.1 Å². The van der Waals surface area contributed by atoms with Gasteiger partial charge in [0.1, 0.15) is 23.6 Å². The number of carbonyl (C=O) groups excluding carboxylic acids is 1. The third-order valence-corrected chi connectivity index (χ3v) is 4.40. The minimum atomic E-state index is -0.135. The Bertz CT molecular complexity index is 893. The van der Waals surface area contributed by atoms with Crippen LogP contribution in [-0.4, -0.2) is 37.4 Å². The molecular weight excluding hydrogens is 318 g/mol. The van der Waals surface area contributed by atoms with Gasteiger partial charge in [-0.3, -0.25) is 4.79 Å². The first-order valence-corrected chi connectivity index (χ1v) is 7.97. The molecule has 4 rings (SSSR count). The first-order chi connectivity index (χ1) is 12.3. The molecule has 3 aromatic rings. The summed E-state index contributed by atoms with van der Waals surface area (Å²) >= 11 is 0. The highest BCUT2D eigenvalue weighted by atomic mass is 16.5. The smallest absolute Gasteiger partial charge is 0.273 e. The maximum Gasteiger partial charge on any atom is 0.273 e. The highest BCUT2D eigenvalue weighted by Gasteiger charge is 2.32. The lowest BCUT2D eigenvalue weighted by Crippen LogP contribution is -2.41. The molecule has 0 saturated heterocycles. The molecule has 7 heteroatoms. The first-order valence-electron chi connectivity index (χ1n) is 7.97. The number of hydrogen-bond acceptors (Lipinski definition) is 5. The molecule has 1 aliphatic rings. The molecule has 7 nitrogen and oxygen atoms in total. The Morgan fingerprint density at radius 1 is 1.24 bits per heavy atom. The molecule has 3 heterocycles. The fourth-order valence-corrected chi connectivity index (χ4v) is 3.12. The van der Waals surface area contributed by atoms with Crippen LogP contribution in [0.15, 0.2) is 55.2 Å². The van der Waals surface area contributed by atoms with Crippen molar-refractivity contribution in [2.75, 3.05) is 7.11 Å². The van der Waals surface area contributed by atoms with Gasteiger partial charge in [0.25, 0.3) is 5.91 Å². The van der Waals surface area contributed by atoms with Crippen molar-refractivity contribution in [1.29, 1.82) is 0 Å². The Morgan fingerprint density at radius 3 is 2.96 bits per heavy atom. The molecule has 1 aromatic carbocycles. The molecule has 0 aliphatic carbocycles. The Hall–Kier alpha value is -3.22. The van der Waals surface area contributed by atoms with E-state index in [-0.39, 0.29) is 11.9 Å². The van der Waals surface area contributed by atoms with Crippen LogP contribution in [0.5, 0.6) is 5.75 Å². The van der Waals surface area contributed by atoms with Crippen LogP contribution in [-0.2, 0) is 13.1 Å². The van der Waals surface area contributed by atoms with Gasteiger partial charge in [0.15, 0.2) is 0 Å². The van der Waals surface area contributed by atoms with Crippen LogP contribution in [0.2, 0.25) is 0 Å². The summed E-state index contributed by atoms with van der Waals surface area (Å²) in [5.41, 5.74) is 1.39. The van der Waals surface area contributed by atoms with Crippen molar-refractivity contribution in [2.45, 2.75) is 19.1 Å². The zero-order valence-corrected chi connectivity index (χ0v) is 13.7. The second-order valence-corrected chi connectivity index (χ2v) is 5.82. The second kappa shape index (κ2) is 6.35. The summed E-state index contributed by atoms with van der Waals surface area (Å²) < 4.78 is 7.41. The number of fused-ring (bicyclic) bond motifs is 1. The quantitative estimate of drug-likeness (QED) is 0.733. The first kappa shape index (κ1) is 15.3. The van der Waals surface area contributed by atoms with E-state index in [4.69, 9.17) is 4.74 Å². The van der Waals surface area contributed by atoms with E-state index in [2.05, 4.69) is 19.5 Å². The average Bonchev–Trinajstić information content (AvgIpc) is 3.14. The number of methoxy groups -OCH3 is 1. The molecule has 126 valence electrons. The van der Waals surface area contributed by atoms with E-state index in [0.717, 1.165) is 17.1 Å². The van der Waals surface area contributed by atoms with E-state index in [0.29, 0.717) is 18.8 Å². The normalized spacial score (nSPS) is 16.4. The van der Waals surface area contributed by atoms with Crippen molar-refractivity contribution in [1.82, 2.24) is 24.4 Å². The minimum Gasteiger partial charge on any atom is -0.497 e. The summed E-state index contributed by atoms with van der Waals surface area (Å²) in [4.78, 5) is 27.2. The summed E-state index contributed by atoms with van der Waals surface area (Å²) in [7, 11) is 1.64. The summed E-state index contributed by atoms with van der Waals surface area (Å²) in [5, 5.41) is 0. The van der Waals surface area contributed by atoms with E-state index in [9.17, 15) is 4.79 Å². The van der Waals surface area contributed by atoms with E-state index >= 15 is 0 Å². The molecule has 0 radical (unpaired) electrons. The monoisotopic (exact) mass is 335 g/mol. The molecule has 0 bridgehead atoms. The van der Waals surface area contributed by atoms with Gasteiger partial charge in [-0.25, -0.2) is 15.0 Å². The molecule has 2 aromatic heterocycles. The van der Waals surface area contributed by atoms with Gasteiger partial charge in [-0.2, -0.15) is 0 Å². The lowest BCUT2D eigenvalue weighted by molar-refractivity contribution is 0.0577. The highest BCUT2D eigenvalue weighted by molar-refractivity contribution is 5.92. The van der Waals surface area contributed by atoms with Gasteiger partial charge in [0, 0.05) is 25.1 Å². The van der Waals surface area contributed by atoms with Gasteiger partial charge in [-0.05, 0) is 23.8 Å². The number of rotatable bonds is 3. The fourth-order valence-electron chi connectivity index (χ4n) is 3.12.